The second-order valence-corrected chi connectivity index (χ2v) is 5.66. The standard InChI is InChI=1S/C12H20N2O.ClH/c1-6(5-13)14-12(15)11-9-7-2-3-8(4-7)10(9)11;/h6-11H,2-5,13H2,1H3,(H,14,15);1H/t6-,7?,8?,9?,10?,11?;/m0./s1. The highest BCUT2D eigenvalue weighted by Crippen LogP contribution is 2.69. The summed E-state index contributed by atoms with van der Waals surface area (Å²) in [6, 6.07) is 0.136. The zero-order valence-corrected chi connectivity index (χ0v) is 10.5. The summed E-state index contributed by atoms with van der Waals surface area (Å²) in [5.41, 5.74) is 5.51. The predicted octanol–water partition coefficient (Wildman–Crippen LogP) is 1.16. The molecule has 3 aliphatic carbocycles. The van der Waals surface area contributed by atoms with E-state index in [4.69, 9.17) is 5.73 Å². The van der Waals surface area contributed by atoms with E-state index in [0.29, 0.717) is 12.5 Å². The van der Waals surface area contributed by atoms with Gasteiger partial charge in [-0.05, 0) is 49.9 Å². The van der Waals surface area contributed by atoms with Crippen molar-refractivity contribution in [3.63, 3.8) is 0 Å². The summed E-state index contributed by atoms with van der Waals surface area (Å²) in [5.74, 6) is 3.88. The van der Waals surface area contributed by atoms with Gasteiger partial charge in [0.15, 0.2) is 0 Å². The van der Waals surface area contributed by atoms with Crippen LogP contribution in [-0.2, 0) is 4.79 Å². The maximum atomic E-state index is 11.9. The van der Waals surface area contributed by atoms with E-state index in [-0.39, 0.29) is 24.4 Å². The Morgan fingerprint density at radius 3 is 2.44 bits per heavy atom. The van der Waals surface area contributed by atoms with Crippen molar-refractivity contribution in [3.05, 3.63) is 0 Å². The van der Waals surface area contributed by atoms with Gasteiger partial charge in [0, 0.05) is 18.5 Å². The molecule has 0 aromatic heterocycles. The second-order valence-electron chi connectivity index (χ2n) is 5.66. The van der Waals surface area contributed by atoms with E-state index in [1.54, 1.807) is 0 Å². The Hall–Kier alpha value is -0.280. The normalized spacial score (nSPS) is 44.5. The van der Waals surface area contributed by atoms with Crippen LogP contribution in [0.25, 0.3) is 0 Å². The zero-order chi connectivity index (χ0) is 10.6. The summed E-state index contributed by atoms with van der Waals surface area (Å²) < 4.78 is 0. The summed E-state index contributed by atoms with van der Waals surface area (Å²) >= 11 is 0. The summed E-state index contributed by atoms with van der Waals surface area (Å²) in [6.45, 7) is 2.52. The van der Waals surface area contributed by atoms with Gasteiger partial charge in [0.2, 0.25) is 5.91 Å². The molecule has 3 N–H and O–H groups in total. The van der Waals surface area contributed by atoms with Crippen LogP contribution in [0.4, 0.5) is 0 Å². The van der Waals surface area contributed by atoms with Crippen LogP contribution in [-0.4, -0.2) is 18.5 Å². The van der Waals surface area contributed by atoms with Gasteiger partial charge in [0.1, 0.15) is 0 Å². The van der Waals surface area contributed by atoms with Crippen LogP contribution >= 0.6 is 12.4 Å². The Labute approximate surface area is 103 Å². The van der Waals surface area contributed by atoms with Crippen LogP contribution in [0, 0.1) is 29.6 Å². The molecule has 4 heteroatoms. The first-order chi connectivity index (χ1) is 7.22. The minimum atomic E-state index is 0. The van der Waals surface area contributed by atoms with Gasteiger partial charge in [-0.25, -0.2) is 0 Å². The van der Waals surface area contributed by atoms with E-state index in [0.717, 1.165) is 23.7 Å². The first-order valence-corrected chi connectivity index (χ1v) is 6.22. The van der Waals surface area contributed by atoms with Gasteiger partial charge in [-0.3, -0.25) is 4.79 Å². The molecule has 4 unspecified atom stereocenters. The average molecular weight is 245 g/mol. The Morgan fingerprint density at radius 2 is 1.94 bits per heavy atom. The molecule has 3 fully saturated rings. The van der Waals surface area contributed by atoms with Crippen molar-refractivity contribution >= 4 is 18.3 Å². The van der Waals surface area contributed by atoms with Crippen LogP contribution < -0.4 is 11.1 Å². The van der Waals surface area contributed by atoms with E-state index in [1.165, 1.54) is 19.3 Å². The molecule has 0 heterocycles. The van der Waals surface area contributed by atoms with Crippen LogP contribution in [0.15, 0.2) is 0 Å². The topological polar surface area (TPSA) is 55.1 Å². The van der Waals surface area contributed by atoms with E-state index < -0.39 is 0 Å². The third kappa shape index (κ3) is 1.65. The molecule has 0 spiro atoms. The van der Waals surface area contributed by atoms with E-state index in [2.05, 4.69) is 5.32 Å². The lowest BCUT2D eigenvalue weighted by molar-refractivity contribution is -0.123. The van der Waals surface area contributed by atoms with Crippen molar-refractivity contribution in [2.45, 2.75) is 32.2 Å². The Balaban J connectivity index is 0.000000963. The molecule has 92 valence electrons. The Kier molecular flexibility index (Phi) is 3.19. The highest BCUT2D eigenvalue weighted by Gasteiger charge is 2.67. The number of carbonyl (C=O) groups excluding carboxylic acids is 1. The summed E-state index contributed by atoms with van der Waals surface area (Å²) in [5, 5.41) is 3.03. The van der Waals surface area contributed by atoms with Crippen molar-refractivity contribution in [1.29, 1.82) is 0 Å². The van der Waals surface area contributed by atoms with E-state index in [1.807, 2.05) is 6.92 Å². The number of halogens is 1. The molecule has 1 amide bonds. The maximum absolute atomic E-state index is 11.9. The molecule has 3 nitrogen and oxygen atoms in total. The quantitative estimate of drug-likeness (QED) is 0.783. The predicted molar refractivity (Wildman–Crippen MR) is 65.2 cm³/mol. The lowest BCUT2D eigenvalue weighted by Gasteiger charge is -2.13. The number of fused-ring (bicyclic) bond motifs is 5. The van der Waals surface area contributed by atoms with Crippen molar-refractivity contribution in [1.82, 2.24) is 5.32 Å². The van der Waals surface area contributed by atoms with Crippen molar-refractivity contribution < 1.29 is 4.79 Å². The largest absolute Gasteiger partial charge is 0.352 e. The van der Waals surface area contributed by atoms with Crippen LogP contribution in [0.2, 0.25) is 0 Å². The minimum Gasteiger partial charge on any atom is -0.352 e. The lowest BCUT2D eigenvalue weighted by Crippen LogP contribution is -2.39. The summed E-state index contributed by atoms with van der Waals surface area (Å²) in [6.07, 6.45) is 4.16. The molecule has 0 aromatic carbocycles. The van der Waals surface area contributed by atoms with Crippen LogP contribution in [0.1, 0.15) is 26.2 Å². The Morgan fingerprint density at radius 1 is 1.38 bits per heavy atom. The van der Waals surface area contributed by atoms with Crippen LogP contribution in [0.5, 0.6) is 0 Å². The third-order valence-corrected chi connectivity index (χ3v) is 4.78. The molecule has 3 rings (SSSR count). The lowest BCUT2D eigenvalue weighted by atomic mass is 10.0. The molecule has 0 aliphatic heterocycles. The van der Waals surface area contributed by atoms with E-state index in [9.17, 15) is 4.79 Å². The number of hydrogen-bond donors (Lipinski definition) is 2. The van der Waals surface area contributed by atoms with Gasteiger partial charge in [-0.2, -0.15) is 0 Å². The molecule has 5 atom stereocenters. The van der Waals surface area contributed by atoms with E-state index >= 15 is 0 Å². The maximum Gasteiger partial charge on any atom is 0.223 e. The van der Waals surface area contributed by atoms with Gasteiger partial charge in [0.05, 0.1) is 0 Å². The molecular formula is C12H21ClN2O. The molecule has 16 heavy (non-hydrogen) atoms. The molecule has 3 saturated carbocycles. The number of hydrogen-bond acceptors (Lipinski definition) is 2. The molecule has 2 bridgehead atoms. The first kappa shape index (κ1) is 12.2. The fraction of sp³-hybridized carbons (Fsp3) is 0.917. The number of rotatable bonds is 3. The fourth-order valence-electron chi connectivity index (χ4n) is 4.07. The number of nitrogens with one attached hydrogen (secondary N) is 1. The summed E-state index contributed by atoms with van der Waals surface area (Å²) in [4.78, 5) is 11.9. The van der Waals surface area contributed by atoms with Crippen molar-refractivity contribution in [2.24, 2.45) is 35.3 Å². The minimum absolute atomic E-state index is 0. The van der Waals surface area contributed by atoms with Gasteiger partial charge in [-0.15, -0.1) is 12.4 Å². The molecular weight excluding hydrogens is 224 g/mol. The molecule has 3 aliphatic rings. The Bertz CT molecular complexity index is 281. The third-order valence-electron chi connectivity index (χ3n) is 4.78. The number of carbonyl (C=O) groups is 1. The first-order valence-electron chi connectivity index (χ1n) is 6.22. The number of nitrogens with two attached hydrogens (primary N) is 1. The summed E-state index contributed by atoms with van der Waals surface area (Å²) in [7, 11) is 0. The van der Waals surface area contributed by atoms with Gasteiger partial charge >= 0.3 is 0 Å². The second kappa shape index (κ2) is 4.19. The highest BCUT2D eigenvalue weighted by molar-refractivity contribution is 5.85. The SMILES string of the molecule is C[C@@H](CN)NC(=O)C1C2C3CCC(C3)C12.Cl. The molecule has 0 aromatic rings. The molecule has 0 saturated heterocycles. The van der Waals surface area contributed by atoms with Gasteiger partial charge in [-0.1, -0.05) is 0 Å². The average Bonchev–Trinajstić information content (AvgIpc) is 2.68. The fourth-order valence-corrected chi connectivity index (χ4v) is 4.07. The van der Waals surface area contributed by atoms with Gasteiger partial charge in [0.25, 0.3) is 0 Å². The van der Waals surface area contributed by atoms with Gasteiger partial charge < -0.3 is 11.1 Å². The zero-order valence-electron chi connectivity index (χ0n) is 9.69. The van der Waals surface area contributed by atoms with Crippen LogP contribution in [0.3, 0.4) is 0 Å². The number of amides is 1. The molecule has 0 radical (unpaired) electrons. The highest BCUT2D eigenvalue weighted by atomic mass is 35.5. The van der Waals surface area contributed by atoms with Crippen molar-refractivity contribution in [2.75, 3.05) is 6.54 Å². The smallest absolute Gasteiger partial charge is 0.223 e. The van der Waals surface area contributed by atoms with Crippen molar-refractivity contribution in [3.8, 4) is 0 Å². The monoisotopic (exact) mass is 244 g/mol.